The number of aryl methyl sites for hydroxylation is 1. The van der Waals surface area contributed by atoms with E-state index in [-0.39, 0.29) is 17.9 Å². The number of thiophene rings is 1. The van der Waals surface area contributed by atoms with Gasteiger partial charge in [-0.3, -0.25) is 9.59 Å². The van der Waals surface area contributed by atoms with Crippen LogP contribution in [-0.4, -0.2) is 44.6 Å². The van der Waals surface area contributed by atoms with E-state index in [0.29, 0.717) is 17.8 Å². The Labute approximate surface area is 162 Å². The van der Waals surface area contributed by atoms with Crippen LogP contribution in [0.25, 0.3) is 0 Å². The molecule has 4 rings (SSSR count). The van der Waals surface area contributed by atoms with Gasteiger partial charge in [0.2, 0.25) is 5.91 Å². The first-order valence-electron chi connectivity index (χ1n) is 9.77. The van der Waals surface area contributed by atoms with E-state index in [1.807, 2.05) is 16.3 Å². The first-order chi connectivity index (χ1) is 13.2. The number of hydrogen-bond acceptors (Lipinski definition) is 5. The molecule has 2 amide bonds. The van der Waals surface area contributed by atoms with Gasteiger partial charge in [-0.25, -0.2) is 0 Å². The van der Waals surface area contributed by atoms with Gasteiger partial charge in [0.15, 0.2) is 5.82 Å². The molecule has 0 aromatic carbocycles. The second-order valence-corrected chi connectivity index (χ2v) is 8.11. The molecule has 0 bridgehead atoms. The van der Waals surface area contributed by atoms with Crippen LogP contribution in [0.4, 0.5) is 0 Å². The van der Waals surface area contributed by atoms with Crippen LogP contribution in [0.5, 0.6) is 0 Å². The van der Waals surface area contributed by atoms with E-state index in [4.69, 9.17) is 0 Å². The third-order valence-corrected chi connectivity index (χ3v) is 6.25. The molecule has 1 N–H and O–H groups in total. The lowest BCUT2D eigenvalue weighted by Gasteiger charge is -2.24. The zero-order chi connectivity index (χ0) is 18.6. The summed E-state index contributed by atoms with van der Waals surface area (Å²) in [4.78, 5) is 27.4. The summed E-state index contributed by atoms with van der Waals surface area (Å²) in [6.07, 6.45) is 6.74. The lowest BCUT2D eigenvalue weighted by atomic mass is 10.2. The normalized spacial score (nSPS) is 19.6. The summed E-state index contributed by atoms with van der Waals surface area (Å²) in [6, 6.07) is 3.65. The summed E-state index contributed by atoms with van der Waals surface area (Å²) in [5.74, 6) is 1.97. The molecule has 2 aromatic heterocycles. The van der Waals surface area contributed by atoms with Crippen LogP contribution < -0.4 is 5.32 Å². The predicted octanol–water partition coefficient (Wildman–Crippen LogP) is 2.55. The third-order valence-electron chi connectivity index (χ3n) is 5.38. The van der Waals surface area contributed by atoms with Crippen LogP contribution in [0.15, 0.2) is 17.5 Å². The molecule has 1 fully saturated rings. The number of rotatable bonds is 5. The molecule has 27 heavy (non-hydrogen) atoms. The number of likely N-dealkylation sites (tertiary alicyclic amines) is 1. The van der Waals surface area contributed by atoms with E-state index in [1.165, 1.54) is 17.8 Å². The van der Waals surface area contributed by atoms with E-state index < -0.39 is 0 Å². The van der Waals surface area contributed by atoms with Gasteiger partial charge in [-0.05, 0) is 37.1 Å². The zero-order valence-corrected chi connectivity index (χ0v) is 16.2. The first kappa shape index (κ1) is 18.2. The standard InChI is InChI=1S/C19H25N5O2S/c25-17(9-10-20-19(26)15-7-5-13-27-15)23-12-4-6-14(23)18-22-21-16-8-2-1-3-11-24(16)18/h5,7,13-14H,1-4,6,8-12H2,(H,20,26). The minimum Gasteiger partial charge on any atom is -0.351 e. The molecule has 4 heterocycles. The molecule has 2 aliphatic heterocycles. The highest BCUT2D eigenvalue weighted by molar-refractivity contribution is 7.12. The molecule has 8 heteroatoms. The summed E-state index contributed by atoms with van der Waals surface area (Å²) in [5.41, 5.74) is 0. The van der Waals surface area contributed by atoms with E-state index >= 15 is 0 Å². The number of nitrogens with zero attached hydrogens (tertiary/aromatic N) is 4. The number of aromatic nitrogens is 3. The average Bonchev–Trinajstić information content (AvgIpc) is 3.39. The maximum atomic E-state index is 12.8. The van der Waals surface area contributed by atoms with Crippen molar-refractivity contribution < 1.29 is 9.59 Å². The van der Waals surface area contributed by atoms with Gasteiger partial charge < -0.3 is 14.8 Å². The smallest absolute Gasteiger partial charge is 0.261 e. The zero-order valence-electron chi connectivity index (χ0n) is 15.4. The number of amides is 2. The maximum absolute atomic E-state index is 12.8. The van der Waals surface area contributed by atoms with Crippen molar-refractivity contribution in [3.8, 4) is 0 Å². The van der Waals surface area contributed by atoms with Gasteiger partial charge in [-0.15, -0.1) is 21.5 Å². The SMILES string of the molecule is O=C(NCCC(=O)N1CCCC1c1nnc2n1CCCCC2)c1cccs1. The van der Waals surface area contributed by atoms with Crippen molar-refractivity contribution in [3.63, 3.8) is 0 Å². The van der Waals surface area contributed by atoms with Gasteiger partial charge in [-0.1, -0.05) is 12.5 Å². The first-order valence-corrected chi connectivity index (χ1v) is 10.6. The topological polar surface area (TPSA) is 80.1 Å². The molecule has 2 aliphatic rings. The summed E-state index contributed by atoms with van der Waals surface area (Å²) in [6.45, 7) is 2.06. The van der Waals surface area contributed by atoms with Crippen LogP contribution in [0.3, 0.4) is 0 Å². The lowest BCUT2D eigenvalue weighted by molar-refractivity contribution is -0.132. The van der Waals surface area contributed by atoms with Gasteiger partial charge in [0.05, 0.1) is 10.9 Å². The van der Waals surface area contributed by atoms with Crippen LogP contribution in [0.2, 0.25) is 0 Å². The number of hydrogen-bond donors (Lipinski definition) is 1. The number of carbonyl (C=O) groups excluding carboxylic acids is 2. The molecule has 1 atom stereocenters. The Morgan fingerprint density at radius 1 is 1.19 bits per heavy atom. The van der Waals surface area contributed by atoms with Crippen molar-refractivity contribution in [2.45, 2.75) is 57.5 Å². The van der Waals surface area contributed by atoms with E-state index in [9.17, 15) is 9.59 Å². The van der Waals surface area contributed by atoms with E-state index in [1.54, 1.807) is 6.07 Å². The van der Waals surface area contributed by atoms with Crippen LogP contribution in [0, 0.1) is 0 Å². The Bertz CT molecular complexity index is 801. The lowest BCUT2D eigenvalue weighted by Crippen LogP contribution is -2.35. The number of carbonyl (C=O) groups is 2. The Hall–Kier alpha value is -2.22. The molecule has 0 radical (unpaired) electrons. The van der Waals surface area contributed by atoms with Gasteiger partial charge in [-0.2, -0.15) is 0 Å². The molecule has 7 nitrogen and oxygen atoms in total. The number of nitrogens with one attached hydrogen (secondary N) is 1. The summed E-state index contributed by atoms with van der Waals surface area (Å²) < 4.78 is 2.24. The summed E-state index contributed by atoms with van der Waals surface area (Å²) in [7, 11) is 0. The Balaban J connectivity index is 1.37. The molecule has 2 aromatic rings. The molecule has 1 unspecified atom stereocenters. The van der Waals surface area contributed by atoms with Crippen molar-refractivity contribution in [1.82, 2.24) is 25.0 Å². The van der Waals surface area contributed by atoms with Crippen LogP contribution >= 0.6 is 11.3 Å². The quantitative estimate of drug-likeness (QED) is 0.855. The molecule has 0 aliphatic carbocycles. The van der Waals surface area contributed by atoms with Crippen molar-refractivity contribution in [3.05, 3.63) is 34.0 Å². The molecule has 144 valence electrons. The number of fused-ring (bicyclic) bond motifs is 1. The van der Waals surface area contributed by atoms with Gasteiger partial charge >= 0.3 is 0 Å². The van der Waals surface area contributed by atoms with Gasteiger partial charge in [0.1, 0.15) is 5.82 Å². The third kappa shape index (κ3) is 3.90. The van der Waals surface area contributed by atoms with Crippen molar-refractivity contribution in [1.29, 1.82) is 0 Å². The largest absolute Gasteiger partial charge is 0.351 e. The van der Waals surface area contributed by atoms with Crippen molar-refractivity contribution in [2.24, 2.45) is 0 Å². The Morgan fingerprint density at radius 3 is 2.96 bits per heavy atom. The maximum Gasteiger partial charge on any atom is 0.261 e. The van der Waals surface area contributed by atoms with Crippen LogP contribution in [0.1, 0.15) is 65.9 Å². The highest BCUT2D eigenvalue weighted by Crippen LogP contribution is 2.32. The summed E-state index contributed by atoms with van der Waals surface area (Å²) >= 11 is 1.40. The molecule has 1 saturated heterocycles. The highest BCUT2D eigenvalue weighted by atomic mass is 32.1. The minimum atomic E-state index is -0.112. The summed E-state index contributed by atoms with van der Waals surface area (Å²) in [5, 5.41) is 13.5. The highest BCUT2D eigenvalue weighted by Gasteiger charge is 2.34. The average molecular weight is 388 g/mol. The van der Waals surface area contributed by atoms with Crippen LogP contribution in [-0.2, 0) is 17.8 Å². The minimum absolute atomic E-state index is 0.0184. The second-order valence-electron chi connectivity index (χ2n) is 7.17. The second kappa shape index (κ2) is 8.21. The fraction of sp³-hybridized carbons (Fsp3) is 0.579. The molecular weight excluding hydrogens is 362 g/mol. The monoisotopic (exact) mass is 387 g/mol. The fourth-order valence-corrected chi connectivity index (χ4v) is 4.65. The van der Waals surface area contributed by atoms with Crippen molar-refractivity contribution in [2.75, 3.05) is 13.1 Å². The molecule has 0 spiro atoms. The van der Waals surface area contributed by atoms with Crippen molar-refractivity contribution >= 4 is 23.2 Å². The van der Waals surface area contributed by atoms with E-state index in [0.717, 1.165) is 56.8 Å². The Morgan fingerprint density at radius 2 is 2.11 bits per heavy atom. The molecular formula is C19H25N5O2S. The van der Waals surface area contributed by atoms with E-state index in [2.05, 4.69) is 20.1 Å². The Kier molecular flexibility index (Phi) is 5.52. The van der Waals surface area contributed by atoms with Gasteiger partial charge in [0.25, 0.3) is 5.91 Å². The van der Waals surface area contributed by atoms with Gasteiger partial charge in [0, 0.05) is 32.5 Å². The predicted molar refractivity (Wildman–Crippen MR) is 103 cm³/mol. The fourth-order valence-electron chi connectivity index (χ4n) is 4.01. The molecule has 0 saturated carbocycles.